The maximum absolute atomic E-state index is 14.1. The van der Waals surface area contributed by atoms with Crippen molar-refractivity contribution in [3.63, 3.8) is 0 Å². The Morgan fingerprint density at radius 2 is 2.21 bits per heavy atom. The van der Waals surface area contributed by atoms with E-state index in [1.165, 1.54) is 13.2 Å². The second-order valence-corrected chi connectivity index (χ2v) is 4.54. The number of ether oxygens (including phenoxy) is 1. The van der Waals surface area contributed by atoms with Crippen LogP contribution in [0.1, 0.15) is 24.7 Å². The van der Waals surface area contributed by atoms with Crippen LogP contribution < -0.4 is 4.74 Å². The Labute approximate surface area is 109 Å². The zero-order chi connectivity index (χ0) is 13.4. The van der Waals surface area contributed by atoms with Crippen molar-refractivity contribution in [3.05, 3.63) is 29.8 Å². The molecule has 1 fully saturated rings. The zero-order valence-electron chi connectivity index (χ0n) is 10.5. The van der Waals surface area contributed by atoms with Gasteiger partial charge < -0.3 is 14.4 Å². The predicted molar refractivity (Wildman–Crippen MR) is 66.2 cm³/mol. The van der Waals surface area contributed by atoms with Crippen LogP contribution in [0.15, 0.2) is 18.2 Å². The smallest absolute Gasteiger partial charge is 0.167 e. The summed E-state index contributed by atoms with van der Waals surface area (Å²) >= 11 is 0. The molecule has 2 aromatic rings. The topological polar surface area (TPSA) is 60.2 Å². The molecule has 0 atom stereocenters. The fourth-order valence-corrected chi connectivity index (χ4v) is 2.14. The molecule has 1 aromatic heterocycles. The van der Waals surface area contributed by atoms with Crippen molar-refractivity contribution in [1.82, 2.24) is 14.8 Å². The van der Waals surface area contributed by atoms with Crippen molar-refractivity contribution < 1.29 is 14.2 Å². The number of aliphatic hydroxyl groups is 1. The molecule has 0 unspecified atom stereocenters. The number of rotatable bonds is 4. The van der Waals surface area contributed by atoms with E-state index in [2.05, 4.69) is 10.2 Å². The lowest BCUT2D eigenvalue weighted by molar-refractivity contribution is 0.265. The van der Waals surface area contributed by atoms with Crippen LogP contribution in [0, 0.1) is 5.82 Å². The first-order valence-corrected chi connectivity index (χ1v) is 6.13. The second-order valence-electron chi connectivity index (χ2n) is 4.54. The molecule has 0 amide bonds. The van der Waals surface area contributed by atoms with Crippen molar-refractivity contribution in [2.24, 2.45) is 0 Å². The summed E-state index contributed by atoms with van der Waals surface area (Å²) in [5, 5.41) is 17.2. The van der Waals surface area contributed by atoms with E-state index < -0.39 is 5.82 Å². The van der Waals surface area contributed by atoms with Gasteiger partial charge in [-0.2, -0.15) is 0 Å². The number of halogens is 1. The monoisotopic (exact) mass is 263 g/mol. The van der Waals surface area contributed by atoms with Crippen LogP contribution in [0.3, 0.4) is 0 Å². The van der Waals surface area contributed by atoms with Gasteiger partial charge >= 0.3 is 0 Å². The van der Waals surface area contributed by atoms with Crippen molar-refractivity contribution in [2.75, 3.05) is 7.11 Å². The number of hydrogen-bond acceptors (Lipinski definition) is 4. The van der Waals surface area contributed by atoms with Crippen LogP contribution in [0.4, 0.5) is 4.39 Å². The minimum atomic E-state index is -0.405. The molecule has 1 saturated carbocycles. The third-order valence-corrected chi connectivity index (χ3v) is 3.24. The van der Waals surface area contributed by atoms with Gasteiger partial charge in [-0.1, -0.05) is 0 Å². The summed E-state index contributed by atoms with van der Waals surface area (Å²) < 4.78 is 20.9. The van der Waals surface area contributed by atoms with E-state index >= 15 is 0 Å². The standard InChI is InChI=1S/C13H14FN3O2/c1-19-9-4-5-10(11(14)6-9)13-16-15-12(7-18)17(13)8-2-3-8/h4-6,8,18H,2-3,7H2,1H3. The molecular weight excluding hydrogens is 249 g/mol. The van der Waals surface area contributed by atoms with E-state index in [9.17, 15) is 9.50 Å². The van der Waals surface area contributed by atoms with E-state index in [1.54, 1.807) is 12.1 Å². The van der Waals surface area contributed by atoms with E-state index in [0.29, 0.717) is 23.0 Å². The van der Waals surface area contributed by atoms with Gasteiger partial charge in [-0.3, -0.25) is 0 Å². The molecule has 1 aliphatic rings. The molecule has 1 heterocycles. The Morgan fingerprint density at radius 1 is 1.42 bits per heavy atom. The largest absolute Gasteiger partial charge is 0.497 e. The Hall–Kier alpha value is -1.95. The van der Waals surface area contributed by atoms with Crippen LogP contribution in [-0.4, -0.2) is 27.0 Å². The average molecular weight is 263 g/mol. The maximum Gasteiger partial charge on any atom is 0.167 e. The molecule has 0 spiro atoms. The zero-order valence-corrected chi connectivity index (χ0v) is 10.5. The Balaban J connectivity index is 2.09. The third kappa shape index (κ3) is 2.08. The minimum Gasteiger partial charge on any atom is -0.497 e. The molecular formula is C13H14FN3O2. The van der Waals surface area contributed by atoms with Crippen LogP contribution in [0.25, 0.3) is 11.4 Å². The molecule has 1 N–H and O–H groups in total. The quantitative estimate of drug-likeness (QED) is 0.915. The first-order valence-electron chi connectivity index (χ1n) is 6.13. The summed E-state index contributed by atoms with van der Waals surface area (Å²) in [7, 11) is 1.49. The first kappa shape index (κ1) is 12.1. The highest BCUT2D eigenvalue weighted by Gasteiger charge is 2.30. The summed E-state index contributed by atoms with van der Waals surface area (Å²) in [6.07, 6.45) is 2.02. The molecule has 0 saturated heterocycles. The van der Waals surface area contributed by atoms with Gasteiger partial charge in [-0.25, -0.2) is 4.39 Å². The summed E-state index contributed by atoms with van der Waals surface area (Å²) in [4.78, 5) is 0. The Bertz CT molecular complexity index is 608. The fourth-order valence-electron chi connectivity index (χ4n) is 2.14. The van der Waals surface area contributed by atoms with Crippen molar-refractivity contribution >= 4 is 0 Å². The lowest BCUT2D eigenvalue weighted by Crippen LogP contribution is -2.04. The number of benzene rings is 1. The Kier molecular flexibility index (Phi) is 2.94. The van der Waals surface area contributed by atoms with Gasteiger partial charge in [0, 0.05) is 12.1 Å². The molecule has 1 aliphatic carbocycles. The maximum atomic E-state index is 14.1. The number of nitrogens with zero attached hydrogens (tertiary/aromatic N) is 3. The molecule has 100 valence electrons. The number of aliphatic hydroxyl groups excluding tert-OH is 1. The van der Waals surface area contributed by atoms with Gasteiger partial charge in [-0.05, 0) is 25.0 Å². The fraction of sp³-hybridized carbons (Fsp3) is 0.385. The van der Waals surface area contributed by atoms with Gasteiger partial charge in [-0.15, -0.1) is 10.2 Å². The third-order valence-electron chi connectivity index (χ3n) is 3.24. The highest BCUT2D eigenvalue weighted by molar-refractivity contribution is 5.58. The van der Waals surface area contributed by atoms with E-state index in [4.69, 9.17) is 4.74 Å². The summed E-state index contributed by atoms with van der Waals surface area (Å²) in [5.41, 5.74) is 0.375. The molecule has 0 bridgehead atoms. The predicted octanol–water partition coefficient (Wildman–Crippen LogP) is 1.92. The summed E-state index contributed by atoms with van der Waals surface area (Å²) in [6, 6.07) is 4.90. The SMILES string of the molecule is COc1ccc(-c2nnc(CO)n2C2CC2)c(F)c1. The van der Waals surface area contributed by atoms with Crippen LogP contribution in [0.2, 0.25) is 0 Å². The van der Waals surface area contributed by atoms with Gasteiger partial charge in [0.05, 0.1) is 12.7 Å². The summed E-state index contributed by atoms with van der Waals surface area (Å²) in [5.74, 6) is 0.999. The van der Waals surface area contributed by atoms with Gasteiger partial charge in [0.2, 0.25) is 0 Å². The highest BCUT2D eigenvalue weighted by Crippen LogP contribution is 2.39. The average Bonchev–Trinajstić information content (AvgIpc) is 3.18. The van der Waals surface area contributed by atoms with E-state index in [1.807, 2.05) is 4.57 Å². The van der Waals surface area contributed by atoms with Crippen molar-refractivity contribution in [2.45, 2.75) is 25.5 Å². The lowest BCUT2D eigenvalue weighted by atomic mass is 10.2. The van der Waals surface area contributed by atoms with Crippen molar-refractivity contribution in [1.29, 1.82) is 0 Å². The number of methoxy groups -OCH3 is 1. The highest BCUT2D eigenvalue weighted by atomic mass is 19.1. The number of hydrogen-bond donors (Lipinski definition) is 1. The van der Waals surface area contributed by atoms with E-state index in [-0.39, 0.29) is 12.6 Å². The van der Waals surface area contributed by atoms with E-state index in [0.717, 1.165) is 12.8 Å². The number of aromatic nitrogens is 3. The molecule has 6 heteroatoms. The van der Waals surface area contributed by atoms with Crippen molar-refractivity contribution in [3.8, 4) is 17.1 Å². The second kappa shape index (κ2) is 4.62. The van der Waals surface area contributed by atoms with Gasteiger partial charge in [0.15, 0.2) is 11.6 Å². The minimum absolute atomic E-state index is 0.193. The molecule has 0 radical (unpaired) electrons. The van der Waals surface area contributed by atoms with Crippen LogP contribution >= 0.6 is 0 Å². The molecule has 19 heavy (non-hydrogen) atoms. The lowest BCUT2D eigenvalue weighted by Gasteiger charge is -2.09. The van der Waals surface area contributed by atoms with Crippen LogP contribution in [-0.2, 0) is 6.61 Å². The summed E-state index contributed by atoms with van der Waals surface area (Å²) in [6.45, 7) is -0.193. The first-order chi connectivity index (χ1) is 9.24. The van der Waals surface area contributed by atoms with Gasteiger partial charge in [0.1, 0.15) is 18.2 Å². The molecule has 3 rings (SSSR count). The normalized spacial score (nSPS) is 14.7. The van der Waals surface area contributed by atoms with Gasteiger partial charge in [0.25, 0.3) is 0 Å². The molecule has 0 aliphatic heterocycles. The molecule has 1 aromatic carbocycles. The van der Waals surface area contributed by atoms with Crippen LogP contribution in [0.5, 0.6) is 5.75 Å². The molecule has 5 nitrogen and oxygen atoms in total. The Morgan fingerprint density at radius 3 is 2.79 bits per heavy atom.